The van der Waals surface area contributed by atoms with Gasteiger partial charge in [0.05, 0.1) is 17.5 Å². The van der Waals surface area contributed by atoms with Crippen LogP contribution in [0.1, 0.15) is 17.3 Å². The van der Waals surface area contributed by atoms with Crippen LogP contribution in [0.5, 0.6) is 0 Å². The van der Waals surface area contributed by atoms with Gasteiger partial charge in [0.1, 0.15) is 6.61 Å². The molecule has 2 fully saturated rings. The molecule has 2 atom stereocenters. The molecule has 134 valence electrons. The topological polar surface area (TPSA) is 93.1 Å². The van der Waals surface area contributed by atoms with E-state index < -0.39 is 15.7 Å². The molecule has 25 heavy (non-hydrogen) atoms. The van der Waals surface area contributed by atoms with Gasteiger partial charge in [0, 0.05) is 23.6 Å². The van der Waals surface area contributed by atoms with Crippen LogP contribution >= 0.6 is 11.8 Å². The molecule has 2 saturated heterocycles. The van der Waals surface area contributed by atoms with Crippen LogP contribution in [-0.4, -0.2) is 61.8 Å². The average Bonchev–Trinajstić information content (AvgIpc) is 2.98. The van der Waals surface area contributed by atoms with E-state index in [1.165, 1.54) is 25.8 Å². The Hall–Kier alpha value is -1.71. The van der Waals surface area contributed by atoms with E-state index in [0.29, 0.717) is 16.4 Å². The summed E-state index contributed by atoms with van der Waals surface area (Å²) in [7, 11) is -1.72. The fourth-order valence-corrected chi connectivity index (χ4v) is 6.93. The lowest BCUT2D eigenvalue weighted by Crippen LogP contribution is -2.37. The Morgan fingerprint density at radius 3 is 2.80 bits per heavy atom. The third-order valence-corrected chi connectivity index (χ3v) is 7.30. The number of sulfone groups is 1. The van der Waals surface area contributed by atoms with Gasteiger partial charge in [-0.1, -0.05) is 23.9 Å². The first-order valence-corrected chi connectivity index (χ1v) is 10.4. The lowest BCUT2D eigenvalue weighted by atomic mass is 10.1. The minimum Gasteiger partial charge on any atom is -0.375 e. The summed E-state index contributed by atoms with van der Waals surface area (Å²) in [6, 6.07) is 6.63. The van der Waals surface area contributed by atoms with Crippen LogP contribution < -0.4 is 4.90 Å². The predicted octanol–water partition coefficient (Wildman–Crippen LogP) is 1.14. The molecular formula is C16H18N2O5S2. The third-order valence-electron chi connectivity index (χ3n) is 4.09. The second kappa shape index (κ2) is 6.89. The number of ether oxygens (including phenoxy) is 1. The maximum Gasteiger partial charge on any atom is 0.274 e. The molecule has 0 aromatic heterocycles. The van der Waals surface area contributed by atoms with Gasteiger partial charge in [0.15, 0.2) is 20.8 Å². The molecule has 7 nitrogen and oxygen atoms in total. The van der Waals surface area contributed by atoms with E-state index in [2.05, 4.69) is 4.99 Å². The summed E-state index contributed by atoms with van der Waals surface area (Å²) in [6.45, 7) is 1.33. The average molecular weight is 382 g/mol. The first-order chi connectivity index (χ1) is 11.8. The van der Waals surface area contributed by atoms with Crippen molar-refractivity contribution >= 4 is 44.1 Å². The summed E-state index contributed by atoms with van der Waals surface area (Å²) < 4.78 is 28.8. The zero-order valence-electron chi connectivity index (χ0n) is 13.8. The van der Waals surface area contributed by atoms with E-state index in [4.69, 9.17) is 4.74 Å². The van der Waals surface area contributed by atoms with Crippen LogP contribution in [0.4, 0.5) is 5.69 Å². The Balaban J connectivity index is 2.02. The molecule has 1 aromatic carbocycles. The number of hydrogen-bond acceptors (Lipinski definition) is 6. The number of benzene rings is 1. The van der Waals surface area contributed by atoms with Gasteiger partial charge in [0.2, 0.25) is 0 Å². The number of anilines is 1. The summed E-state index contributed by atoms with van der Waals surface area (Å²) in [5, 5.41) is 0.271. The van der Waals surface area contributed by atoms with Gasteiger partial charge in [-0.15, -0.1) is 0 Å². The number of nitrogens with zero attached hydrogens (tertiary/aromatic N) is 2. The van der Waals surface area contributed by atoms with E-state index in [1.807, 2.05) is 0 Å². The SMILES string of the molecule is COCC(=O)N=C1S[C@H]2CS(=O)(=O)C[C@@H]2N1c1cccc(C(C)=O)c1. The van der Waals surface area contributed by atoms with Gasteiger partial charge in [-0.2, -0.15) is 4.99 Å². The number of amidine groups is 1. The van der Waals surface area contributed by atoms with Crippen LogP contribution in [0.3, 0.4) is 0 Å². The van der Waals surface area contributed by atoms with Crippen molar-refractivity contribution in [2.24, 2.45) is 4.99 Å². The first-order valence-electron chi connectivity index (χ1n) is 7.68. The zero-order valence-corrected chi connectivity index (χ0v) is 15.5. The number of fused-ring (bicyclic) bond motifs is 1. The van der Waals surface area contributed by atoms with Gasteiger partial charge >= 0.3 is 0 Å². The van der Waals surface area contributed by atoms with E-state index in [-0.39, 0.29) is 35.2 Å². The van der Waals surface area contributed by atoms with Gasteiger partial charge in [-0.25, -0.2) is 8.42 Å². The first kappa shape index (κ1) is 18.1. The number of carbonyl (C=O) groups excluding carboxylic acids is 2. The van der Waals surface area contributed by atoms with Crippen LogP contribution in [0, 0.1) is 0 Å². The van der Waals surface area contributed by atoms with Crippen molar-refractivity contribution in [1.29, 1.82) is 0 Å². The molecule has 1 amide bonds. The van der Waals surface area contributed by atoms with E-state index in [9.17, 15) is 18.0 Å². The maximum atomic E-state index is 12.0. The summed E-state index contributed by atoms with van der Waals surface area (Å²) in [5.41, 5.74) is 1.18. The largest absolute Gasteiger partial charge is 0.375 e. The Morgan fingerprint density at radius 2 is 2.12 bits per heavy atom. The Bertz CT molecular complexity index is 850. The van der Waals surface area contributed by atoms with Crippen molar-refractivity contribution in [3.05, 3.63) is 29.8 Å². The smallest absolute Gasteiger partial charge is 0.274 e. The molecule has 0 aliphatic carbocycles. The van der Waals surface area contributed by atoms with Crippen molar-refractivity contribution < 1.29 is 22.7 Å². The van der Waals surface area contributed by atoms with Crippen molar-refractivity contribution in [1.82, 2.24) is 0 Å². The van der Waals surface area contributed by atoms with Crippen LogP contribution in [0.15, 0.2) is 29.3 Å². The molecule has 0 saturated carbocycles. The maximum absolute atomic E-state index is 12.0. The number of hydrogen-bond donors (Lipinski definition) is 0. The Morgan fingerprint density at radius 1 is 1.36 bits per heavy atom. The molecule has 1 aromatic rings. The number of methoxy groups -OCH3 is 1. The minimum absolute atomic E-state index is 0.00640. The molecular weight excluding hydrogens is 364 g/mol. The van der Waals surface area contributed by atoms with Crippen molar-refractivity contribution in [2.45, 2.75) is 18.2 Å². The summed E-state index contributed by atoms with van der Waals surface area (Å²) in [5.74, 6) is -0.450. The molecule has 2 aliphatic heterocycles. The molecule has 9 heteroatoms. The molecule has 2 heterocycles. The van der Waals surface area contributed by atoms with E-state index in [0.717, 1.165) is 0 Å². The summed E-state index contributed by atoms with van der Waals surface area (Å²) in [4.78, 5) is 29.4. The fourth-order valence-electron chi connectivity index (χ4n) is 3.00. The van der Waals surface area contributed by atoms with Crippen molar-refractivity contribution in [3.63, 3.8) is 0 Å². The normalized spacial score (nSPS) is 26.0. The zero-order chi connectivity index (χ0) is 18.2. The predicted molar refractivity (Wildman–Crippen MR) is 97.1 cm³/mol. The van der Waals surface area contributed by atoms with Gasteiger partial charge in [0.25, 0.3) is 5.91 Å². The quantitative estimate of drug-likeness (QED) is 0.721. The highest BCUT2D eigenvalue weighted by Gasteiger charge is 2.49. The summed E-state index contributed by atoms with van der Waals surface area (Å²) in [6.07, 6.45) is 0. The van der Waals surface area contributed by atoms with Crippen LogP contribution in [0.2, 0.25) is 0 Å². The number of aliphatic imine (C=N–C) groups is 1. The number of amides is 1. The number of rotatable bonds is 4. The molecule has 0 radical (unpaired) electrons. The lowest BCUT2D eigenvalue weighted by Gasteiger charge is -2.24. The molecule has 2 aliphatic rings. The van der Waals surface area contributed by atoms with Crippen molar-refractivity contribution in [3.8, 4) is 0 Å². The standard InChI is InChI=1S/C16H18N2O5S2/c1-10(19)11-4-3-5-12(6-11)18-13-8-25(21,22)9-14(13)24-16(18)17-15(20)7-23-2/h3-6,13-14H,7-9H2,1-2H3/t13-,14-/m0/s1. The van der Waals surface area contributed by atoms with Crippen molar-refractivity contribution in [2.75, 3.05) is 30.1 Å². The second-order valence-corrected chi connectivity index (χ2v) is 9.36. The summed E-state index contributed by atoms with van der Waals surface area (Å²) >= 11 is 1.29. The van der Waals surface area contributed by atoms with E-state index in [1.54, 1.807) is 29.2 Å². The monoisotopic (exact) mass is 382 g/mol. The molecule has 3 rings (SSSR count). The van der Waals surface area contributed by atoms with E-state index >= 15 is 0 Å². The van der Waals surface area contributed by atoms with Gasteiger partial charge < -0.3 is 9.64 Å². The molecule has 0 unspecified atom stereocenters. The lowest BCUT2D eigenvalue weighted by molar-refractivity contribution is -0.121. The number of Topliss-reactive ketones (excluding diaryl/α,β-unsaturated/α-hetero) is 1. The minimum atomic E-state index is -3.13. The second-order valence-electron chi connectivity index (χ2n) is 6.00. The highest BCUT2D eigenvalue weighted by Crippen LogP contribution is 2.41. The van der Waals surface area contributed by atoms with Gasteiger partial charge in [-0.3, -0.25) is 9.59 Å². The highest BCUT2D eigenvalue weighted by atomic mass is 32.2. The van der Waals surface area contributed by atoms with Crippen LogP contribution in [0.25, 0.3) is 0 Å². The molecule has 0 spiro atoms. The number of carbonyl (C=O) groups is 2. The number of ketones is 1. The Kier molecular flexibility index (Phi) is 4.99. The third kappa shape index (κ3) is 3.78. The molecule has 0 bridgehead atoms. The Labute approximate surface area is 150 Å². The number of thioether (sulfide) groups is 1. The molecule has 0 N–H and O–H groups in total. The fraction of sp³-hybridized carbons (Fsp3) is 0.438. The van der Waals surface area contributed by atoms with Crippen LogP contribution in [-0.2, 0) is 19.4 Å². The highest BCUT2D eigenvalue weighted by molar-refractivity contribution is 8.16. The van der Waals surface area contributed by atoms with Gasteiger partial charge in [-0.05, 0) is 19.1 Å².